The summed E-state index contributed by atoms with van der Waals surface area (Å²) in [6, 6.07) is 0. The molecule has 0 aromatic heterocycles. The molecule has 1 aliphatic rings. The van der Waals surface area contributed by atoms with Crippen molar-refractivity contribution in [2.24, 2.45) is 0 Å². The molecule has 0 atom stereocenters. The quantitative estimate of drug-likeness (QED) is 0.734. The van der Waals surface area contributed by atoms with Gasteiger partial charge in [0.2, 0.25) is 10.0 Å². The standard InChI is InChI=1S/C11H23ClN2O2S/c1-11(2,3)17(15,16)14-7-4-6-13(8-5-12)9-10-14/h4-10H2,1-3H3. The number of sulfonamides is 1. The lowest BCUT2D eigenvalue weighted by Gasteiger charge is -2.28. The van der Waals surface area contributed by atoms with Crippen molar-refractivity contribution in [3.63, 3.8) is 0 Å². The zero-order chi connectivity index (χ0) is 13.1. The van der Waals surface area contributed by atoms with Gasteiger partial charge in [-0.15, -0.1) is 11.6 Å². The van der Waals surface area contributed by atoms with Crippen molar-refractivity contribution in [3.8, 4) is 0 Å². The van der Waals surface area contributed by atoms with Gasteiger partial charge in [0.1, 0.15) is 0 Å². The lowest BCUT2D eigenvalue weighted by Crippen LogP contribution is -2.44. The van der Waals surface area contributed by atoms with Gasteiger partial charge in [-0.3, -0.25) is 0 Å². The molecule has 1 fully saturated rings. The number of hydrogen-bond donors (Lipinski definition) is 0. The van der Waals surface area contributed by atoms with Crippen LogP contribution in [0.3, 0.4) is 0 Å². The number of halogens is 1. The van der Waals surface area contributed by atoms with Crippen LogP contribution in [0.5, 0.6) is 0 Å². The molecule has 4 nitrogen and oxygen atoms in total. The van der Waals surface area contributed by atoms with Crippen LogP contribution >= 0.6 is 11.6 Å². The molecule has 0 radical (unpaired) electrons. The Bertz CT molecular complexity index is 338. The minimum Gasteiger partial charge on any atom is -0.301 e. The van der Waals surface area contributed by atoms with Crippen molar-refractivity contribution in [1.29, 1.82) is 0 Å². The molecule has 1 heterocycles. The highest BCUT2D eigenvalue weighted by Gasteiger charge is 2.35. The summed E-state index contributed by atoms with van der Waals surface area (Å²) in [4.78, 5) is 2.23. The first-order chi connectivity index (χ1) is 7.79. The maximum Gasteiger partial charge on any atom is 0.219 e. The average molecular weight is 283 g/mol. The number of hydrogen-bond acceptors (Lipinski definition) is 3. The Kier molecular flexibility index (Phi) is 5.25. The normalized spacial score (nSPS) is 21.4. The molecule has 1 aliphatic heterocycles. The first kappa shape index (κ1) is 15.2. The van der Waals surface area contributed by atoms with Crippen LogP contribution in [0.2, 0.25) is 0 Å². The van der Waals surface area contributed by atoms with Crippen LogP contribution in [0, 0.1) is 0 Å². The van der Waals surface area contributed by atoms with E-state index in [1.165, 1.54) is 0 Å². The highest BCUT2D eigenvalue weighted by Crippen LogP contribution is 2.21. The molecule has 1 saturated heterocycles. The summed E-state index contributed by atoms with van der Waals surface area (Å²) in [6.45, 7) is 9.02. The molecule has 0 aromatic rings. The molecule has 0 unspecified atom stereocenters. The van der Waals surface area contributed by atoms with E-state index in [-0.39, 0.29) is 0 Å². The van der Waals surface area contributed by atoms with Gasteiger partial charge in [-0.25, -0.2) is 12.7 Å². The van der Waals surface area contributed by atoms with Crippen molar-refractivity contribution in [2.75, 3.05) is 38.6 Å². The van der Waals surface area contributed by atoms with Gasteiger partial charge in [-0.05, 0) is 33.7 Å². The minimum atomic E-state index is -3.19. The van der Waals surface area contributed by atoms with Gasteiger partial charge in [-0.2, -0.15) is 0 Å². The molecule has 0 bridgehead atoms. The first-order valence-electron chi connectivity index (χ1n) is 6.07. The van der Waals surface area contributed by atoms with Crippen molar-refractivity contribution in [2.45, 2.75) is 31.9 Å². The molecule has 102 valence electrons. The molecular formula is C11H23ClN2O2S. The SMILES string of the molecule is CC(C)(C)S(=O)(=O)N1CCCN(CCCl)CC1. The van der Waals surface area contributed by atoms with Gasteiger partial charge >= 0.3 is 0 Å². The maximum absolute atomic E-state index is 12.3. The molecule has 0 aromatic carbocycles. The largest absolute Gasteiger partial charge is 0.301 e. The maximum atomic E-state index is 12.3. The Morgan fingerprint density at radius 1 is 1.12 bits per heavy atom. The Morgan fingerprint density at radius 3 is 2.29 bits per heavy atom. The molecule has 0 amide bonds. The van der Waals surface area contributed by atoms with Crippen LogP contribution in [0.1, 0.15) is 27.2 Å². The summed E-state index contributed by atoms with van der Waals surface area (Å²) in [5, 5.41) is 0. The van der Waals surface area contributed by atoms with E-state index in [0.717, 1.165) is 26.1 Å². The number of nitrogens with zero attached hydrogens (tertiary/aromatic N) is 2. The lowest BCUT2D eigenvalue weighted by molar-refractivity contribution is 0.302. The lowest BCUT2D eigenvalue weighted by atomic mass is 10.3. The van der Waals surface area contributed by atoms with Gasteiger partial charge in [0.15, 0.2) is 0 Å². The highest BCUT2D eigenvalue weighted by atomic mass is 35.5. The van der Waals surface area contributed by atoms with Gasteiger partial charge in [0.05, 0.1) is 4.75 Å². The predicted octanol–water partition coefficient (Wildman–Crippen LogP) is 1.36. The third-order valence-corrected chi connectivity index (χ3v) is 5.82. The summed E-state index contributed by atoms with van der Waals surface area (Å²) >= 11 is 5.71. The van der Waals surface area contributed by atoms with E-state index in [9.17, 15) is 8.42 Å². The Hall–Kier alpha value is 0.160. The second kappa shape index (κ2) is 5.87. The second-order valence-electron chi connectivity index (χ2n) is 5.40. The van der Waals surface area contributed by atoms with Gasteiger partial charge in [0, 0.05) is 32.1 Å². The second-order valence-corrected chi connectivity index (χ2v) is 8.47. The van der Waals surface area contributed by atoms with Crippen molar-refractivity contribution in [1.82, 2.24) is 9.21 Å². The van der Waals surface area contributed by atoms with Crippen LogP contribution in [0.4, 0.5) is 0 Å². The van der Waals surface area contributed by atoms with Crippen LogP contribution in [-0.2, 0) is 10.0 Å². The molecular weight excluding hydrogens is 260 g/mol. The fourth-order valence-electron chi connectivity index (χ4n) is 1.92. The van der Waals surface area contributed by atoms with Crippen molar-refractivity contribution >= 4 is 21.6 Å². The topological polar surface area (TPSA) is 40.6 Å². The van der Waals surface area contributed by atoms with Crippen molar-refractivity contribution in [3.05, 3.63) is 0 Å². The third kappa shape index (κ3) is 3.81. The van der Waals surface area contributed by atoms with Crippen LogP contribution in [-0.4, -0.2) is 61.0 Å². The van der Waals surface area contributed by atoms with E-state index in [1.54, 1.807) is 25.1 Å². The average Bonchev–Trinajstić information content (AvgIpc) is 2.42. The van der Waals surface area contributed by atoms with E-state index in [0.29, 0.717) is 19.0 Å². The minimum absolute atomic E-state index is 0.580. The highest BCUT2D eigenvalue weighted by molar-refractivity contribution is 7.90. The first-order valence-corrected chi connectivity index (χ1v) is 8.04. The summed E-state index contributed by atoms with van der Waals surface area (Å²) in [5.41, 5.74) is 0. The van der Waals surface area contributed by atoms with E-state index < -0.39 is 14.8 Å². The summed E-state index contributed by atoms with van der Waals surface area (Å²) in [6.07, 6.45) is 0.881. The Morgan fingerprint density at radius 2 is 1.76 bits per heavy atom. The van der Waals surface area contributed by atoms with Crippen LogP contribution in [0.15, 0.2) is 0 Å². The van der Waals surface area contributed by atoms with Crippen LogP contribution in [0.25, 0.3) is 0 Å². The zero-order valence-electron chi connectivity index (χ0n) is 10.9. The van der Waals surface area contributed by atoms with E-state index in [1.807, 2.05) is 0 Å². The van der Waals surface area contributed by atoms with Gasteiger partial charge in [-0.1, -0.05) is 0 Å². The molecule has 17 heavy (non-hydrogen) atoms. The number of rotatable bonds is 3. The molecule has 6 heteroatoms. The third-order valence-electron chi connectivity index (χ3n) is 3.06. The van der Waals surface area contributed by atoms with Crippen molar-refractivity contribution < 1.29 is 8.42 Å². The van der Waals surface area contributed by atoms with E-state index >= 15 is 0 Å². The van der Waals surface area contributed by atoms with Gasteiger partial charge < -0.3 is 4.90 Å². The summed E-state index contributed by atoms with van der Waals surface area (Å²) < 4.78 is 25.5. The fourth-order valence-corrected chi connectivity index (χ4v) is 3.62. The smallest absolute Gasteiger partial charge is 0.219 e. The predicted molar refractivity (Wildman–Crippen MR) is 72.0 cm³/mol. The zero-order valence-corrected chi connectivity index (χ0v) is 12.5. The monoisotopic (exact) mass is 282 g/mol. The Balaban J connectivity index is 2.69. The molecule has 0 spiro atoms. The number of alkyl halides is 1. The van der Waals surface area contributed by atoms with Crippen LogP contribution < -0.4 is 0 Å². The fraction of sp³-hybridized carbons (Fsp3) is 1.00. The summed E-state index contributed by atoms with van der Waals surface area (Å²) in [7, 11) is -3.19. The summed E-state index contributed by atoms with van der Waals surface area (Å²) in [5.74, 6) is 0.603. The Labute approximate surface area is 110 Å². The molecule has 0 N–H and O–H groups in total. The van der Waals surface area contributed by atoms with E-state index in [4.69, 9.17) is 11.6 Å². The van der Waals surface area contributed by atoms with E-state index in [2.05, 4.69) is 4.90 Å². The van der Waals surface area contributed by atoms with Gasteiger partial charge in [0.25, 0.3) is 0 Å². The molecule has 0 saturated carbocycles. The molecule has 0 aliphatic carbocycles. The molecule has 1 rings (SSSR count).